The molecule has 0 radical (unpaired) electrons. The molecule has 0 saturated heterocycles. The van der Waals surface area contributed by atoms with Gasteiger partial charge in [0.2, 0.25) is 0 Å². The van der Waals surface area contributed by atoms with Crippen molar-refractivity contribution in [1.29, 1.82) is 0 Å². The highest BCUT2D eigenvalue weighted by Crippen LogP contribution is 2.30. The first-order valence-electron chi connectivity index (χ1n) is 6.63. The van der Waals surface area contributed by atoms with Crippen LogP contribution in [-0.4, -0.2) is 0 Å². The van der Waals surface area contributed by atoms with Gasteiger partial charge in [-0.15, -0.1) is 0 Å². The highest BCUT2D eigenvalue weighted by atomic mass is 35.5. The number of halogens is 1. The lowest BCUT2D eigenvalue weighted by molar-refractivity contribution is 0.592. The normalized spacial score (nSPS) is 18.1. The lowest BCUT2D eigenvalue weighted by Crippen LogP contribution is -2.29. The monoisotopic (exact) mass is 264 g/mol. The van der Waals surface area contributed by atoms with E-state index in [1.165, 1.54) is 36.8 Å². The number of hydrogen-bond donors (Lipinski definition) is 2. The van der Waals surface area contributed by atoms with Gasteiger partial charge < -0.3 is 0 Å². The van der Waals surface area contributed by atoms with Crippen molar-refractivity contribution < 1.29 is 0 Å². The number of benzene rings is 1. The molecule has 2 rings (SSSR count). The van der Waals surface area contributed by atoms with E-state index >= 15 is 0 Å². The van der Waals surface area contributed by atoms with Crippen LogP contribution in [-0.2, 0) is 0 Å². The molecule has 98 valence electrons. The molecule has 0 spiro atoms. The molecule has 18 heavy (non-hydrogen) atoms. The SMILES string of the molecule is Cc1cc(C(NN)C2=CCCCCC2)ccc1Cl. The molecule has 0 amide bonds. The summed E-state index contributed by atoms with van der Waals surface area (Å²) in [7, 11) is 0. The molecule has 3 N–H and O–H groups in total. The van der Waals surface area contributed by atoms with Gasteiger partial charge in [-0.3, -0.25) is 5.84 Å². The maximum Gasteiger partial charge on any atom is 0.0670 e. The summed E-state index contributed by atoms with van der Waals surface area (Å²) in [5, 5.41) is 0.810. The second-order valence-corrected chi connectivity index (χ2v) is 5.39. The molecule has 0 saturated carbocycles. The maximum absolute atomic E-state index is 6.07. The molecule has 1 aliphatic rings. The van der Waals surface area contributed by atoms with Gasteiger partial charge >= 0.3 is 0 Å². The van der Waals surface area contributed by atoms with Crippen LogP contribution in [0, 0.1) is 6.92 Å². The number of nitrogens with two attached hydrogens (primary N) is 1. The number of hydrazine groups is 1. The Morgan fingerprint density at radius 1 is 1.28 bits per heavy atom. The fourth-order valence-electron chi connectivity index (χ4n) is 2.57. The number of rotatable bonds is 3. The van der Waals surface area contributed by atoms with Gasteiger partial charge in [-0.2, -0.15) is 0 Å². The predicted octanol–water partition coefficient (Wildman–Crippen LogP) is 4.04. The average molecular weight is 265 g/mol. The van der Waals surface area contributed by atoms with Crippen LogP contribution in [0.3, 0.4) is 0 Å². The summed E-state index contributed by atoms with van der Waals surface area (Å²) in [5.74, 6) is 5.75. The minimum absolute atomic E-state index is 0.124. The van der Waals surface area contributed by atoms with Crippen molar-refractivity contribution in [2.45, 2.75) is 45.1 Å². The number of aryl methyl sites for hydroxylation is 1. The van der Waals surface area contributed by atoms with Gasteiger partial charge in [-0.1, -0.05) is 41.8 Å². The van der Waals surface area contributed by atoms with Gasteiger partial charge in [-0.25, -0.2) is 5.43 Å². The summed E-state index contributed by atoms with van der Waals surface area (Å²) in [4.78, 5) is 0. The van der Waals surface area contributed by atoms with E-state index in [2.05, 4.69) is 23.6 Å². The molecule has 0 aliphatic heterocycles. The quantitative estimate of drug-likeness (QED) is 0.491. The Morgan fingerprint density at radius 2 is 2.11 bits per heavy atom. The molecule has 0 aromatic heterocycles. The van der Waals surface area contributed by atoms with Crippen LogP contribution in [0.5, 0.6) is 0 Å². The van der Waals surface area contributed by atoms with Crippen molar-refractivity contribution in [1.82, 2.24) is 5.43 Å². The summed E-state index contributed by atoms with van der Waals surface area (Å²) in [6.07, 6.45) is 8.52. The molecule has 1 atom stereocenters. The number of allylic oxidation sites excluding steroid dienone is 1. The van der Waals surface area contributed by atoms with Crippen molar-refractivity contribution in [2.75, 3.05) is 0 Å². The van der Waals surface area contributed by atoms with Gasteiger partial charge in [-0.05, 0) is 49.8 Å². The highest BCUT2D eigenvalue weighted by Gasteiger charge is 2.16. The van der Waals surface area contributed by atoms with Crippen LogP contribution >= 0.6 is 11.6 Å². The van der Waals surface area contributed by atoms with Gasteiger partial charge in [0.05, 0.1) is 6.04 Å². The number of hydrogen-bond acceptors (Lipinski definition) is 2. The summed E-state index contributed by atoms with van der Waals surface area (Å²) in [6.45, 7) is 2.03. The van der Waals surface area contributed by atoms with E-state index in [-0.39, 0.29) is 6.04 Å². The Balaban J connectivity index is 2.26. The van der Waals surface area contributed by atoms with Crippen LogP contribution in [0.2, 0.25) is 5.02 Å². The Hall–Kier alpha value is -0.830. The van der Waals surface area contributed by atoms with E-state index in [0.29, 0.717) is 0 Å². The summed E-state index contributed by atoms with van der Waals surface area (Å²) >= 11 is 6.07. The largest absolute Gasteiger partial charge is 0.271 e. The van der Waals surface area contributed by atoms with Gasteiger partial charge in [0, 0.05) is 5.02 Å². The molecule has 2 nitrogen and oxygen atoms in total. The van der Waals surface area contributed by atoms with E-state index in [4.69, 9.17) is 17.4 Å². The van der Waals surface area contributed by atoms with E-state index in [1.54, 1.807) is 0 Å². The Labute approximate surface area is 114 Å². The third kappa shape index (κ3) is 3.14. The van der Waals surface area contributed by atoms with Crippen LogP contribution in [0.4, 0.5) is 0 Å². The Morgan fingerprint density at radius 3 is 2.83 bits per heavy atom. The second-order valence-electron chi connectivity index (χ2n) is 4.99. The Kier molecular flexibility index (Phi) is 4.81. The minimum Gasteiger partial charge on any atom is -0.271 e. The maximum atomic E-state index is 6.07. The van der Waals surface area contributed by atoms with Gasteiger partial charge in [0.1, 0.15) is 0 Å². The van der Waals surface area contributed by atoms with Crippen molar-refractivity contribution >= 4 is 11.6 Å². The molecule has 1 aromatic rings. The van der Waals surface area contributed by atoms with Gasteiger partial charge in [0.25, 0.3) is 0 Å². The zero-order chi connectivity index (χ0) is 13.0. The lowest BCUT2D eigenvalue weighted by atomic mass is 9.94. The average Bonchev–Trinajstić information content (AvgIpc) is 2.64. The molecule has 3 heteroatoms. The first kappa shape index (κ1) is 13.6. The molecule has 0 bridgehead atoms. The molecular weight excluding hydrogens is 244 g/mol. The zero-order valence-corrected chi connectivity index (χ0v) is 11.6. The van der Waals surface area contributed by atoms with Crippen LogP contribution in [0.25, 0.3) is 0 Å². The molecule has 0 fully saturated rings. The van der Waals surface area contributed by atoms with Gasteiger partial charge in [0.15, 0.2) is 0 Å². The van der Waals surface area contributed by atoms with Crippen molar-refractivity contribution in [2.24, 2.45) is 5.84 Å². The first-order valence-corrected chi connectivity index (χ1v) is 7.01. The standard InChI is InChI=1S/C15H21ClN2/c1-11-10-13(8-9-14(11)16)15(18-17)12-6-4-2-3-5-7-12/h6,8-10,15,18H,2-5,7,17H2,1H3. The van der Waals surface area contributed by atoms with E-state index in [1.807, 2.05) is 13.0 Å². The van der Waals surface area contributed by atoms with Crippen LogP contribution in [0.1, 0.15) is 49.3 Å². The molecule has 1 aromatic carbocycles. The fraction of sp³-hybridized carbons (Fsp3) is 0.467. The summed E-state index contributed by atoms with van der Waals surface area (Å²) in [5.41, 5.74) is 6.67. The van der Waals surface area contributed by atoms with Crippen molar-refractivity contribution in [3.05, 3.63) is 46.0 Å². The van der Waals surface area contributed by atoms with Crippen LogP contribution < -0.4 is 11.3 Å². The van der Waals surface area contributed by atoms with Crippen molar-refractivity contribution in [3.63, 3.8) is 0 Å². The van der Waals surface area contributed by atoms with Crippen LogP contribution in [0.15, 0.2) is 29.8 Å². The number of nitrogens with one attached hydrogen (secondary N) is 1. The highest BCUT2D eigenvalue weighted by molar-refractivity contribution is 6.31. The smallest absolute Gasteiger partial charge is 0.0670 e. The van der Waals surface area contributed by atoms with E-state index in [9.17, 15) is 0 Å². The zero-order valence-electron chi connectivity index (χ0n) is 10.9. The third-order valence-corrected chi connectivity index (χ3v) is 4.05. The fourth-order valence-corrected chi connectivity index (χ4v) is 2.68. The van der Waals surface area contributed by atoms with E-state index in [0.717, 1.165) is 17.0 Å². The lowest BCUT2D eigenvalue weighted by Gasteiger charge is -2.20. The Bertz CT molecular complexity index is 440. The van der Waals surface area contributed by atoms with Crippen molar-refractivity contribution in [3.8, 4) is 0 Å². The summed E-state index contributed by atoms with van der Waals surface area (Å²) < 4.78 is 0. The van der Waals surface area contributed by atoms with E-state index < -0.39 is 0 Å². The topological polar surface area (TPSA) is 38.0 Å². The molecular formula is C15H21ClN2. The molecule has 1 unspecified atom stereocenters. The first-order chi connectivity index (χ1) is 8.72. The predicted molar refractivity (Wildman–Crippen MR) is 77.4 cm³/mol. The molecule has 0 heterocycles. The minimum atomic E-state index is 0.124. The summed E-state index contributed by atoms with van der Waals surface area (Å²) in [6, 6.07) is 6.26. The second kappa shape index (κ2) is 6.37. The third-order valence-electron chi connectivity index (χ3n) is 3.63. The molecule has 1 aliphatic carbocycles.